The zero-order chi connectivity index (χ0) is 13.7. The van der Waals surface area contributed by atoms with Crippen LogP contribution in [0.25, 0.3) is 5.57 Å². The molecule has 0 amide bonds. The monoisotopic (exact) mass is 260 g/mol. The third kappa shape index (κ3) is 3.71. The van der Waals surface area contributed by atoms with E-state index in [1.807, 2.05) is 43.3 Å². The smallest absolute Gasteiger partial charge is 0.180 e. The van der Waals surface area contributed by atoms with Gasteiger partial charge in [0.1, 0.15) is 5.38 Å². The Hall–Kier alpha value is -1.60. The average Bonchev–Trinajstić information content (AvgIpc) is 2.35. The Bertz CT molecular complexity index is 497. The molecule has 1 unspecified atom stereocenters. The molecule has 0 radical (unpaired) electrons. The molecule has 1 nitrogen and oxygen atoms in total. The maximum atomic E-state index is 11.9. The quantitative estimate of drug-likeness (QED) is 0.436. The molecule has 0 fully saturated rings. The van der Waals surface area contributed by atoms with E-state index in [-0.39, 0.29) is 5.78 Å². The standard InChI is InChI=1S/C16H17ClO/c1-11(2)10-14(13-8-6-5-7-9-13)15(17)16(18)12(3)4/h5-10,15H,1,3H2,2,4H3/b14-10-. The SMILES string of the molecule is C=C(C)/C=C(/c1ccccc1)C(Cl)C(=O)C(=C)C. The summed E-state index contributed by atoms with van der Waals surface area (Å²) in [7, 11) is 0. The predicted octanol–water partition coefficient (Wildman–Crippen LogP) is 4.40. The molecule has 2 heteroatoms. The van der Waals surface area contributed by atoms with Gasteiger partial charge in [0.15, 0.2) is 5.78 Å². The highest BCUT2D eigenvalue weighted by atomic mass is 35.5. The number of rotatable bonds is 5. The van der Waals surface area contributed by atoms with Crippen LogP contribution in [-0.2, 0) is 4.79 Å². The van der Waals surface area contributed by atoms with Crippen molar-refractivity contribution in [3.8, 4) is 0 Å². The second-order valence-electron chi connectivity index (χ2n) is 4.32. The molecule has 0 saturated carbocycles. The molecule has 0 aromatic heterocycles. The lowest BCUT2D eigenvalue weighted by Gasteiger charge is -2.14. The highest BCUT2D eigenvalue weighted by molar-refractivity contribution is 6.39. The molecule has 0 saturated heterocycles. The van der Waals surface area contributed by atoms with Crippen LogP contribution in [0.1, 0.15) is 19.4 Å². The number of hydrogen-bond donors (Lipinski definition) is 0. The second kappa shape index (κ2) is 6.36. The third-order valence-electron chi connectivity index (χ3n) is 2.43. The maximum absolute atomic E-state index is 11.9. The molecule has 0 aliphatic rings. The van der Waals surface area contributed by atoms with E-state index in [2.05, 4.69) is 13.2 Å². The van der Waals surface area contributed by atoms with Gasteiger partial charge in [-0.25, -0.2) is 0 Å². The van der Waals surface area contributed by atoms with Gasteiger partial charge in [0.05, 0.1) is 0 Å². The van der Waals surface area contributed by atoms with Crippen LogP contribution in [0.15, 0.2) is 60.7 Å². The van der Waals surface area contributed by atoms with Gasteiger partial charge in [0, 0.05) is 0 Å². The Morgan fingerprint density at radius 1 is 1.22 bits per heavy atom. The topological polar surface area (TPSA) is 17.1 Å². The Balaban J connectivity index is 3.20. The minimum atomic E-state index is -0.721. The van der Waals surface area contributed by atoms with Crippen LogP contribution < -0.4 is 0 Å². The highest BCUT2D eigenvalue weighted by Gasteiger charge is 2.21. The molecule has 94 valence electrons. The fourth-order valence-corrected chi connectivity index (χ4v) is 1.93. The Morgan fingerprint density at radius 3 is 2.22 bits per heavy atom. The van der Waals surface area contributed by atoms with E-state index < -0.39 is 5.38 Å². The van der Waals surface area contributed by atoms with Crippen molar-refractivity contribution < 1.29 is 4.79 Å². The highest BCUT2D eigenvalue weighted by Crippen LogP contribution is 2.26. The molecule has 1 rings (SSSR count). The zero-order valence-corrected chi connectivity index (χ0v) is 11.5. The van der Waals surface area contributed by atoms with Gasteiger partial charge in [0.25, 0.3) is 0 Å². The largest absolute Gasteiger partial charge is 0.293 e. The van der Waals surface area contributed by atoms with Crippen LogP contribution in [-0.4, -0.2) is 11.2 Å². The summed E-state index contributed by atoms with van der Waals surface area (Å²) in [4.78, 5) is 11.9. The number of hydrogen-bond acceptors (Lipinski definition) is 1. The number of benzene rings is 1. The van der Waals surface area contributed by atoms with Crippen molar-refractivity contribution in [2.24, 2.45) is 0 Å². The van der Waals surface area contributed by atoms with Crippen molar-refractivity contribution in [2.75, 3.05) is 0 Å². The van der Waals surface area contributed by atoms with Gasteiger partial charge in [-0.3, -0.25) is 4.79 Å². The average molecular weight is 261 g/mol. The minimum Gasteiger partial charge on any atom is -0.293 e. The molecule has 1 atom stereocenters. The lowest BCUT2D eigenvalue weighted by atomic mass is 9.96. The van der Waals surface area contributed by atoms with Crippen LogP contribution in [0, 0.1) is 0 Å². The van der Waals surface area contributed by atoms with Gasteiger partial charge in [0.2, 0.25) is 0 Å². The molecular weight excluding hydrogens is 244 g/mol. The summed E-state index contributed by atoms with van der Waals surface area (Å²) in [6.45, 7) is 11.0. The van der Waals surface area contributed by atoms with Gasteiger partial charge >= 0.3 is 0 Å². The van der Waals surface area contributed by atoms with Gasteiger partial charge in [-0.15, -0.1) is 11.6 Å². The third-order valence-corrected chi connectivity index (χ3v) is 2.87. The first-order chi connectivity index (χ1) is 8.43. The van der Waals surface area contributed by atoms with Crippen LogP contribution in [0.3, 0.4) is 0 Å². The molecular formula is C16H17ClO. The van der Waals surface area contributed by atoms with Crippen molar-refractivity contribution in [2.45, 2.75) is 19.2 Å². The van der Waals surface area contributed by atoms with Gasteiger partial charge in [-0.05, 0) is 30.6 Å². The number of carbonyl (C=O) groups is 1. The van der Waals surface area contributed by atoms with Crippen LogP contribution in [0.4, 0.5) is 0 Å². The molecule has 0 spiro atoms. The van der Waals surface area contributed by atoms with Crippen molar-refractivity contribution in [3.05, 3.63) is 66.3 Å². The fraction of sp³-hybridized carbons (Fsp3) is 0.188. The molecule has 0 heterocycles. The van der Waals surface area contributed by atoms with Crippen molar-refractivity contribution in [3.63, 3.8) is 0 Å². The first kappa shape index (κ1) is 14.5. The van der Waals surface area contributed by atoms with Crippen LogP contribution in [0.2, 0.25) is 0 Å². The van der Waals surface area contributed by atoms with E-state index in [1.165, 1.54) is 0 Å². The van der Waals surface area contributed by atoms with Crippen molar-refractivity contribution in [1.29, 1.82) is 0 Å². The predicted molar refractivity (Wildman–Crippen MR) is 78.7 cm³/mol. The first-order valence-electron chi connectivity index (χ1n) is 5.69. The number of ketones is 1. The summed E-state index contributed by atoms with van der Waals surface area (Å²) in [5.74, 6) is -0.159. The van der Waals surface area contributed by atoms with Crippen molar-refractivity contribution in [1.82, 2.24) is 0 Å². The summed E-state index contributed by atoms with van der Waals surface area (Å²) in [6, 6.07) is 9.60. The lowest BCUT2D eigenvalue weighted by Crippen LogP contribution is -2.17. The summed E-state index contributed by atoms with van der Waals surface area (Å²) in [6.07, 6.45) is 1.84. The summed E-state index contributed by atoms with van der Waals surface area (Å²) < 4.78 is 0. The normalized spacial score (nSPS) is 12.9. The Morgan fingerprint density at radius 2 is 1.78 bits per heavy atom. The molecule has 1 aromatic rings. The summed E-state index contributed by atoms with van der Waals surface area (Å²) in [5, 5.41) is -0.721. The van der Waals surface area contributed by atoms with Gasteiger partial charge in [-0.2, -0.15) is 0 Å². The number of allylic oxidation sites excluding steroid dienone is 4. The van der Waals surface area contributed by atoms with E-state index in [9.17, 15) is 4.79 Å². The second-order valence-corrected chi connectivity index (χ2v) is 4.76. The summed E-state index contributed by atoms with van der Waals surface area (Å²) >= 11 is 6.25. The Kier molecular flexibility index (Phi) is 5.11. The summed E-state index contributed by atoms with van der Waals surface area (Å²) in [5.41, 5.74) is 3.00. The minimum absolute atomic E-state index is 0.159. The number of halogens is 1. The van der Waals surface area contributed by atoms with Crippen LogP contribution >= 0.6 is 11.6 Å². The lowest BCUT2D eigenvalue weighted by molar-refractivity contribution is -0.114. The molecule has 1 aromatic carbocycles. The molecule has 0 N–H and O–H groups in total. The van der Waals surface area contributed by atoms with E-state index in [1.54, 1.807) is 6.92 Å². The maximum Gasteiger partial charge on any atom is 0.180 e. The molecule has 18 heavy (non-hydrogen) atoms. The van der Waals surface area contributed by atoms with E-state index in [0.717, 1.165) is 16.7 Å². The number of alkyl halides is 1. The van der Waals surface area contributed by atoms with E-state index in [0.29, 0.717) is 5.57 Å². The first-order valence-corrected chi connectivity index (χ1v) is 6.13. The zero-order valence-electron chi connectivity index (χ0n) is 10.7. The molecule has 0 aliphatic heterocycles. The fourth-order valence-electron chi connectivity index (χ4n) is 1.56. The number of carbonyl (C=O) groups excluding carboxylic acids is 1. The van der Waals surface area contributed by atoms with Crippen molar-refractivity contribution >= 4 is 23.0 Å². The molecule has 0 aliphatic carbocycles. The van der Waals surface area contributed by atoms with Gasteiger partial charge in [-0.1, -0.05) is 55.1 Å². The van der Waals surface area contributed by atoms with E-state index >= 15 is 0 Å². The number of Topliss-reactive ketones (excluding diaryl/α,β-unsaturated/α-hetero) is 1. The van der Waals surface area contributed by atoms with Gasteiger partial charge < -0.3 is 0 Å². The molecule has 0 bridgehead atoms. The Labute approximate surface area is 113 Å². The van der Waals surface area contributed by atoms with Crippen LogP contribution in [0.5, 0.6) is 0 Å². The van der Waals surface area contributed by atoms with E-state index in [4.69, 9.17) is 11.6 Å².